The van der Waals surface area contributed by atoms with Crippen LogP contribution in [0.3, 0.4) is 0 Å². The fourth-order valence-corrected chi connectivity index (χ4v) is 1.78. The highest BCUT2D eigenvalue weighted by Gasteiger charge is 2.46. The second-order valence-corrected chi connectivity index (χ2v) is 4.66. The molecule has 1 fully saturated rings. The van der Waals surface area contributed by atoms with Crippen LogP contribution < -0.4 is 0 Å². The highest BCUT2D eigenvalue weighted by atomic mass is 19.3. The van der Waals surface area contributed by atoms with Gasteiger partial charge in [0, 0.05) is 19.4 Å². The van der Waals surface area contributed by atoms with Gasteiger partial charge in [-0.05, 0) is 17.8 Å². The van der Waals surface area contributed by atoms with Crippen LogP contribution in [0.25, 0.3) is 0 Å². The van der Waals surface area contributed by atoms with Gasteiger partial charge in [0.25, 0.3) is 0 Å². The lowest BCUT2D eigenvalue weighted by molar-refractivity contribution is -0.121. The Morgan fingerprint density at radius 2 is 1.92 bits per heavy atom. The first-order valence-electron chi connectivity index (χ1n) is 4.33. The molecule has 1 aliphatic carbocycles. The van der Waals surface area contributed by atoms with Crippen molar-refractivity contribution < 1.29 is 13.9 Å². The molecule has 0 aromatic heterocycles. The summed E-state index contributed by atoms with van der Waals surface area (Å²) in [5.74, 6) is -2.31. The summed E-state index contributed by atoms with van der Waals surface area (Å²) in [5, 5.41) is 8.91. The Bertz CT molecular complexity index is 158. The van der Waals surface area contributed by atoms with E-state index in [1.807, 2.05) is 13.8 Å². The number of aliphatic hydroxyl groups excluding tert-OH is 1. The third-order valence-corrected chi connectivity index (χ3v) is 2.44. The van der Waals surface area contributed by atoms with Gasteiger partial charge >= 0.3 is 0 Å². The molecule has 0 aromatic carbocycles. The Labute approximate surface area is 71.8 Å². The van der Waals surface area contributed by atoms with Crippen LogP contribution >= 0.6 is 0 Å². The van der Waals surface area contributed by atoms with E-state index in [9.17, 15) is 8.78 Å². The third-order valence-electron chi connectivity index (χ3n) is 2.44. The molecule has 0 saturated heterocycles. The van der Waals surface area contributed by atoms with Crippen LogP contribution in [0.4, 0.5) is 8.78 Å². The highest BCUT2D eigenvalue weighted by molar-refractivity contribution is 4.88. The standard InChI is InChI=1S/C9H16F2O/c1-8(2,6-12)3-7-4-9(10,11)5-7/h7,12H,3-6H2,1-2H3. The number of hydrogen-bond donors (Lipinski definition) is 1. The van der Waals surface area contributed by atoms with Gasteiger partial charge < -0.3 is 5.11 Å². The van der Waals surface area contributed by atoms with Crippen molar-refractivity contribution in [3.05, 3.63) is 0 Å². The minimum atomic E-state index is -2.42. The summed E-state index contributed by atoms with van der Waals surface area (Å²) < 4.78 is 24.8. The molecule has 3 heteroatoms. The van der Waals surface area contributed by atoms with Gasteiger partial charge in [-0.25, -0.2) is 8.78 Å². The van der Waals surface area contributed by atoms with Crippen molar-refractivity contribution in [1.29, 1.82) is 0 Å². The van der Waals surface area contributed by atoms with E-state index in [-0.39, 0.29) is 30.8 Å². The molecule has 0 aromatic rings. The van der Waals surface area contributed by atoms with Crippen molar-refractivity contribution >= 4 is 0 Å². The van der Waals surface area contributed by atoms with Crippen LogP contribution in [-0.2, 0) is 0 Å². The number of alkyl halides is 2. The quantitative estimate of drug-likeness (QED) is 0.703. The van der Waals surface area contributed by atoms with Crippen molar-refractivity contribution in [2.45, 2.75) is 39.0 Å². The van der Waals surface area contributed by atoms with E-state index in [4.69, 9.17) is 5.11 Å². The predicted octanol–water partition coefficient (Wildman–Crippen LogP) is 2.44. The summed E-state index contributed by atoms with van der Waals surface area (Å²) >= 11 is 0. The first kappa shape index (κ1) is 9.90. The smallest absolute Gasteiger partial charge is 0.248 e. The summed E-state index contributed by atoms with van der Waals surface area (Å²) in [5.41, 5.74) is -0.193. The van der Waals surface area contributed by atoms with Crippen LogP contribution in [0.15, 0.2) is 0 Å². The Kier molecular flexibility index (Phi) is 2.43. The molecule has 0 amide bonds. The summed E-state index contributed by atoms with van der Waals surface area (Å²) in [4.78, 5) is 0. The molecule has 1 rings (SSSR count). The SMILES string of the molecule is CC(C)(CO)CC1CC(F)(F)C1. The molecule has 0 unspecified atom stereocenters. The summed E-state index contributed by atoms with van der Waals surface area (Å²) in [6, 6.07) is 0. The molecule has 72 valence electrons. The van der Waals surface area contributed by atoms with Crippen molar-refractivity contribution in [1.82, 2.24) is 0 Å². The van der Waals surface area contributed by atoms with Crippen molar-refractivity contribution in [3.63, 3.8) is 0 Å². The second kappa shape index (κ2) is 2.95. The van der Waals surface area contributed by atoms with Gasteiger partial charge in [-0.3, -0.25) is 0 Å². The number of halogens is 2. The van der Waals surface area contributed by atoms with Gasteiger partial charge in [0.2, 0.25) is 5.92 Å². The lowest BCUT2D eigenvalue weighted by Gasteiger charge is -2.39. The molecule has 0 radical (unpaired) electrons. The maximum Gasteiger partial charge on any atom is 0.248 e. The summed E-state index contributed by atoms with van der Waals surface area (Å²) in [6.45, 7) is 3.89. The van der Waals surface area contributed by atoms with E-state index in [1.165, 1.54) is 0 Å². The molecular formula is C9H16F2O. The Hall–Kier alpha value is -0.180. The van der Waals surface area contributed by atoms with Crippen molar-refractivity contribution in [2.24, 2.45) is 11.3 Å². The van der Waals surface area contributed by atoms with Gasteiger partial charge in [-0.2, -0.15) is 0 Å². The molecule has 0 spiro atoms. The zero-order valence-corrected chi connectivity index (χ0v) is 7.61. The summed E-state index contributed by atoms with van der Waals surface area (Å²) in [6.07, 6.45) is 0.728. The molecule has 0 heterocycles. The third kappa shape index (κ3) is 2.41. The van der Waals surface area contributed by atoms with E-state index in [0.717, 1.165) is 0 Å². The predicted molar refractivity (Wildman–Crippen MR) is 43.2 cm³/mol. The van der Waals surface area contributed by atoms with Gasteiger partial charge in [-0.1, -0.05) is 13.8 Å². The Morgan fingerprint density at radius 3 is 2.25 bits per heavy atom. The minimum Gasteiger partial charge on any atom is -0.396 e. The maximum absolute atomic E-state index is 12.4. The van der Waals surface area contributed by atoms with Crippen LogP contribution in [0.1, 0.15) is 33.1 Å². The number of aliphatic hydroxyl groups is 1. The summed E-state index contributed by atoms with van der Waals surface area (Å²) in [7, 11) is 0. The molecule has 1 aliphatic rings. The van der Waals surface area contributed by atoms with E-state index in [0.29, 0.717) is 6.42 Å². The zero-order chi connectivity index (χ0) is 9.41. The molecular weight excluding hydrogens is 162 g/mol. The molecule has 1 nitrogen and oxygen atoms in total. The van der Waals surface area contributed by atoms with Crippen LogP contribution in [0, 0.1) is 11.3 Å². The lowest BCUT2D eigenvalue weighted by Crippen LogP contribution is -2.38. The topological polar surface area (TPSA) is 20.2 Å². The van der Waals surface area contributed by atoms with Crippen LogP contribution in [0.5, 0.6) is 0 Å². The fraction of sp³-hybridized carbons (Fsp3) is 1.00. The molecule has 0 bridgehead atoms. The average molecular weight is 178 g/mol. The fourth-order valence-electron chi connectivity index (χ4n) is 1.78. The largest absolute Gasteiger partial charge is 0.396 e. The first-order valence-corrected chi connectivity index (χ1v) is 4.33. The molecule has 1 saturated carbocycles. The maximum atomic E-state index is 12.4. The first-order chi connectivity index (χ1) is 5.35. The molecule has 0 aliphatic heterocycles. The van der Waals surface area contributed by atoms with Gasteiger partial charge in [0.15, 0.2) is 0 Å². The Morgan fingerprint density at radius 1 is 1.42 bits per heavy atom. The van der Waals surface area contributed by atoms with Crippen LogP contribution in [0.2, 0.25) is 0 Å². The number of hydrogen-bond acceptors (Lipinski definition) is 1. The monoisotopic (exact) mass is 178 g/mol. The minimum absolute atomic E-state index is 0.0103. The van der Waals surface area contributed by atoms with Crippen molar-refractivity contribution in [2.75, 3.05) is 6.61 Å². The van der Waals surface area contributed by atoms with Crippen molar-refractivity contribution in [3.8, 4) is 0 Å². The van der Waals surface area contributed by atoms with E-state index >= 15 is 0 Å². The molecule has 0 atom stereocenters. The lowest BCUT2D eigenvalue weighted by atomic mass is 9.72. The van der Waals surface area contributed by atoms with Gasteiger partial charge in [0.1, 0.15) is 0 Å². The number of rotatable bonds is 3. The highest BCUT2D eigenvalue weighted by Crippen LogP contribution is 2.47. The van der Waals surface area contributed by atoms with Gasteiger partial charge in [0.05, 0.1) is 0 Å². The van der Waals surface area contributed by atoms with E-state index < -0.39 is 5.92 Å². The average Bonchev–Trinajstić information content (AvgIpc) is 1.83. The normalized spacial score (nSPS) is 23.8. The van der Waals surface area contributed by atoms with Crippen LogP contribution in [-0.4, -0.2) is 17.6 Å². The zero-order valence-electron chi connectivity index (χ0n) is 7.61. The molecule has 12 heavy (non-hydrogen) atoms. The van der Waals surface area contributed by atoms with E-state index in [1.54, 1.807) is 0 Å². The van der Waals surface area contributed by atoms with E-state index in [2.05, 4.69) is 0 Å². The van der Waals surface area contributed by atoms with Gasteiger partial charge in [-0.15, -0.1) is 0 Å². The Balaban J connectivity index is 2.27. The second-order valence-electron chi connectivity index (χ2n) is 4.66. The molecule has 1 N–H and O–H groups in total.